The summed E-state index contributed by atoms with van der Waals surface area (Å²) in [5.41, 5.74) is 3.49. The molecule has 0 spiro atoms. The molecule has 29 heavy (non-hydrogen) atoms. The van der Waals surface area contributed by atoms with Crippen LogP contribution in [0.25, 0.3) is 11.1 Å². The van der Waals surface area contributed by atoms with Gasteiger partial charge in [0, 0.05) is 11.1 Å². The Morgan fingerprint density at radius 2 is 0.931 bits per heavy atom. The molecule has 0 aliphatic heterocycles. The van der Waals surface area contributed by atoms with Gasteiger partial charge in [0.15, 0.2) is 5.78 Å². The summed E-state index contributed by atoms with van der Waals surface area (Å²) in [5.74, 6) is -0.819. The lowest BCUT2D eigenvalue weighted by Crippen LogP contribution is -1.99. The molecule has 3 nitrogen and oxygen atoms in total. The molecule has 0 atom stereocenters. The molecule has 1 N–H and O–H groups in total. The van der Waals surface area contributed by atoms with Crippen LogP contribution in [0.1, 0.15) is 26.3 Å². The third kappa shape index (κ3) is 5.27. The highest BCUT2D eigenvalue weighted by atomic mass is 16.4. The largest absolute Gasteiger partial charge is 0.478 e. The first kappa shape index (κ1) is 19.8. The predicted octanol–water partition coefficient (Wildman–Crippen LogP) is 5.97. The highest BCUT2D eigenvalue weighted by Gasteiger charge is 2.09. The van der Waals surface area contributed by atoms with Crippen molar-refractivity contribution in [2.24, 2.45) is 0 Å². The number of carboxylic acid groups (broad SMARTS) is 1. The molecule has 0 unspecified atom stereocenters. The van der Waals surface area contributed by atoms with E-state index in [9.17, 15) is 9.59 Å². The number of aromatic carboxylic acids is 1. The molecular weight excluding hydrogens is 360 g/mol. The Morgan fingerprint density at radius 3 is 1.41 bits per heavy atom. The number of ketones is 1. The third-order valence-corrected chi connectivity index (χ3v) is 4.31. The Balaban J connectivity index is 0.000000166. The van der Waals surface area contributed by atoms with Gasteiger partial charge in [-0.2, -0.15) is 0 Å². The first-order valence-corrected chi connectivity index (χ1v) is 9.19. The molecule has 4 rings (SSSR count). The Labute approximate surface area is 169 Å². The van der Waals surface area contributed by atoms with E-state index in [4.69, 9.17) is 5.11 Å². The number of carbonyl (C=O) groups excluding carboxylic acids is 1. The number of hydrogen-bond acceptors (Lipinski definition) is 2. The van der Waals surface area contributed by atoms with E-state index in [-0.39, 0.29) is 5.78 Å². The van der Waals surface area contributed by atoms with Crippen molar-refractivity contribution in [3.8, 4) is 11.1 Å². The van der Waals surface area contributed by atoms with Gasteiger partial charge in [0.2, 0.25) is 0 Å². The van der Waals surface area contributed by atoms with Gasteiger partial charge in [0.1, 0.15) is 0 Å². The highest BCUT2D eigenvalue weighted by Crippen LogP contribution is 2.23. The summed E-state index contributed by atoms with van der Waals surface area (Å²) in [5, 5.41) is 9.03. The SMILES string of the molecule is O=C(O)c1ccccc1-c1ccccc1.O=C(c1ccccc1)c1ccccc1. The van der Waals surface area contributed by atoms with Crippen molar-refractivity contribution in [2.75, 3.05) is 0 Å². The number of benzene rings is 4. The normalized spacial score (nSPS) is 9.79. The summed E-state index contributed by atoms with van der Waals surface area (Å²) in [6, 6.07) is 35.1. The van der Waals surface area contributed by atoms with E-state index in [1.807, 2.05) is 103 Å². The van der Waals surface area contributed by atoms with Gasteiger partial charge < -0.3 is 5.11 Å². The summed E-state index contributed by atoms with van der Waals surface area (Å²) < 4.78 is 0. The van der Waals surface area contributed by atoms with E-state index in [0.29, 0.717) is 5.56 Å². The standard InChI is InChI=1S/C13H10O2.C13H10O/c14-13(15)12-9-5-4-8-11(12)10-6-2-1-3-7-10;14-13(11-7-3-1-4-8-11)12-9-5-2-6-10-12/h1-9H,(H,14,15);1-10H. The van der Waals surface area contributed by atoms with Crippen LogP contribution in [0.15, 0.2) is 115 Å². The van der Waals surface area contributed by atoms with Crippen molar-refractivity contribution >= 4 is 11.8 Å². The average molecular weight is 380 g/mol. The number of carbonyl (C=O) groups is 2. The molecule has 4 aromatic carbocycles. The minimum atomic E-state index is -0.894. The van der Waals surface area contributed by atoms with Crippen LogP contribution in [0.4, 0.5) is 0 Å². The summed E-state index contributed by atoms with van der Waals surface area (Å²) in [7, 11) is 0. The zero-order valence-electron chi connectivity index (χ0n) is 15.7. The van der Waals surface area contributed by atoms with Crippen LogP contribution in [0, 0.1) is 0 Å². The van der Waals surface area contributed by atoms with E-state index in [1.54, 1.807) is 12.1 Å². The van der Waals surface area contributed by atoms with Crippen LogP contribution in [0.3, 0.4) is 0 Å². The second-order valence-electron chi connectivity index (χ2n) is 6.28. The van der Waals surface area contributed by atoms with Crippen LogP contribution in [-0.2, 0) is 0 Å². The minimum Gasteiger partial charge on any atom is -0.478 e. The van der Waals surface area contributed by atoms with Crippen molar-refractivity contribution in [3.63, 3.8) is 0 Å². The van der Waals surface area contributed by atoms with Crippen LogP contribution < -0.4 is 0 Å². The lowest BCUT2D eigenvalue weighted by atomic mass is 10.00. The molecule has 3 heteroatoms. The fraction of sp³-hybridized carbons (Fsp3) is 0. The Kier molecular flexibility index (Phi) is 6.69. The summed E-state index contributed by atoms with van der Waals surface area (Å²) in [6.45, 7) is 0. The summed E-state index contributed by atoms with van der Waals surface area (Å²) >= 11 is 0. The quantitative estimate of drug-likeness (QED) is 0.444. The van der Waals surface area contributed by atoms with E-state index in [1.165, 1.54) is 0 Å². The van der Waals surface area contributed by atoms with E-state index < -0.39 is 5.97 Å². The van der Waals surface area contributed by atoms with Gasteiger partial charge in [0.05, 0.1) is 5.56 Å². The first-order chi connectivity index (χ1) is 14.2. The molecule has 0 amide bonds. The molecular formula is C26H20O3. The van der Waals surface area contributed by atoms with Crippen LogP contribution in [0.5, 0.6) is 0 Å². The van der Waals surface area contributed by atoms with Crippen LogP contribution >= 0.6 is 0 Å². The zero-order chi connectivity index (χ0) is 20.5. The Hall–Kier alpha value is -3.98. The maximum atomic E-state index is 11.8. The molecule has 0 aliphatic carbocycles. The van der Waals surface area contributed by atoms with Crippen molar-refractivity contribution in [2.45, 2.75) is 0 Å². The van der Waals surface area contributed by atoms with Crippen LogP contribution in [0.2, 0.25) is 0 Å². The molecule has 0 saturated heterocycles. The fourth-order valence-electron chi connectivity index (χ4n) is 2.88. The second kappa shape index (κ2) is 9.81. The van der Waals surface area contributed by atoms with Crippen molar-refractivity contribution < 1.29 is 14.7 Å². The first-order valence-electron chi connectivity index (χ1n) is 9.19. The fourth-order valence-corrected chi connectivity index (χ4v) is 2.88. The second-order valence-corrected chi connectivity index (χ2v) is 6.28. The molecule has 0 fully saturated rings. The number of rotatable bonds is 4. The maximum absolute atomic E-state index is 11.8. The third-order valence-electron chi connectivity index (χ3n) is 4.31. The van der Waals surface area contributed by atoms with Gasteiger partial charge >= 0.3 is 5.97 Å². The highest BCUT2D eigenvalue weighted by molar-refractivity contribution is 6.08. The van der Waals surface area contributed by atoms with E-state index >= 15 is 0 Å². The molecule has 4 aromatic rings. The smallest absolute Gasteiger partial charge is 0.336 e. The summed E-state index contributed by atoms with van der Waals surface area (Å²) in [6.07, 6.45) is 0. The monoisotopic (exact) mass is 380 g/mol. The molecule has 0 radical (unpaired) electrons. The molecule has 0 bridgehead atoms. The molecule has 0 aromatic heterocycles. The topological polar surface area (TPSA) is 54.4 Å². The molecule has 142 valence electrons. The van der Waals surface area contributed by atoms with Crippen molar-refractivity contribution in [1.82, 2.24) is 0 Å². The lowest BCUT2D eigenvalue weighted by molar-refractivity contribution is 0.0697. The van der Waals surface area contributed by atoms with Crippen molar-refractivity contribution in [1.29, 1.82) is 0 Å². The van der Waals surface area contributed by atoms with Gasteiger partial charge in [-0.1, -0.05) is 109 Å². The molecule has 0 aliphatic rings. The molecule has 0 heterocycles. The predicted molar refractivity (Wildman–Crippen MR) is 115 cm³/mol. The van der Waals surface area contributed by atoms with Gasteiger partial charge in [-0.3, -0.25) is 4.79 Å². The lowest BCUT2D eigenvalue weighted by Gasteiger charge is -2.05. The van der Waals surface area contributed by atoms with Gasteiger partial charge in [-0.25, -0.2) is 4.79 Å². The molecule has 0 saturated carbocycles. The average Bonchev–Trinajstić information content (AvgIpc) is 2.81. The maximum Gasteiger partial charge on any atom is 0.336 e. The summed E-state index contributed by atoms with van der Waals surface area (Å²) in [4.78, 5) is 22.8. The van der Waals surface area contributed by atoms with E-state index in [0.717, 1.165) is 22.3 Å². The van der Waals surface area contributed by atoms with Gasteiger partial charge in [-0.05, 0) is 17.2 Å². The van der Waals surface area contributed by atoms with Gasteiger partial charge in [-0.15, -0.1) is 0 Å². The Bertz CT molecular complexity index is 1030. The van der Waals surface area contributed by atoms with Crippen molar-refractivity contribution in [3.05, 3.63) is 132 Å². The van der Waals surface area contributed by atoms with E-state index in [2.05, 4.69) is 0 Å². The van der Waals surface area contributed by atoms with Crippen LogP contribution in [-0.4, -0.2) is 16.9 Å². The number of carboxylic acids is 1. The zero-order valence-corrected chi connectivity index (χ0v) is 15.7. The minimum absolute atomic E-state index is 0.0752. The number of hydrogen-bond donors (Lipinski definition) is 1. The Morgan fingerprint density at radius 1 is 0.517 bits per heavy atom. The van der Waals surface area contributed by atoms with Gasteiger partial charge in [0.25, 0.3) is 0 Å².